The van der Waals surface area contributed by atoms with E-state index in [1.165, 1.54) is 0 Å². The molecule has 0 radical (unpaired) electrons. The lowest BCUT2D eigenvalue weighted by atomic mass is 9.81. The Kier molecular flexibility index (Phi) is 3.23. The van der Waals surface area contributed by atoms with Gasteiger partial charge in [0, 0.05) is 31.4 Å². The summed E-state index contributed by atoms with van der Waals surface area (Å²) in [6, 6.07) is 15.5. The lowest BCUT2D eigenvalue weighted by molar-refractivity contribution is -0.122. The zero-order chi connectivity index (χ0) is 16.9. The highest BCUT2D eigenvalue weighted by molar-refractivity contribution is 6.09. The number of rotatable bonds is 1. The molecule has 0 N–H and O–H groups in total. The van der Waals surface area contributed by atoms with E-state index in [0.717, 1.165) is 16.8 Å². The van der Waals surface area contributed by atoms with Crippen molar-refractivity contribution in [2.75, 3.05) is 25.0 Å². The largest absolute Gasteiger partial charge is 0.337 e. The Morgan fingerprint density at radius 3 is 2.54 bits per heavy atom. The first-order valence-corrected chi connectivity index (χ1v) is 8.26. The zero-order valence-corrected chi connectivity index (χ0v) is 14.0. The van der Waals surface area contributed by atoms with Crippen LogP contribution in [0.15, 0.2) is 48.5 Å². The molecule has 0 unspecified atom stereocenters. The van der Waals surface area contributed by atoms with E-state index in [2.05, 4.69) is 0 Å². The predicted molar refractivity (Wildman–Crippen MR) is 93.2 cm³/mol. The highest BCUT2D eigenvalue weighted by Gasteiger charge is 2.54. The summed E-state index contributed by atoms with van der Waals surface area (Å²) in [5.74, 6) is 0.106. The molecule has 0 saturated carbocycles. The normalized spacial score (nSPS) is 22.3. The number of para-hydroxylation sites is 1. The fraction of sp³-hybridized carbons (Fsp3) is 0.300. The van der Waals surface area contributed by atoms with Gasteiger partial charge >= 0.3 is 0 Å². The number of amides is 2. The number of likely N-dealkylation sites (tertiary alicyclic amines) is 1. The van der Waals surface area contributed by atoms with Gasteiger partial charge in [0.1, 0.15) is 0 Å². The summed E-state index contributed by atoms with van der Waals surface area (Å²) in [5.41, 5.74) is 3.26. The van der Waals surface area contributed by atoms with Crippen LogP contribution in [0, 0.1) is 6.92 Å². The number of nitrogens with zero attached hydrogens (tertiary/aromatic N) is 2. The van der Waals surface area contributed by atoms with Gasteiger partial charge in [-0.25, -0.2) is 0 Å². The number of likely N-dealkylation sites (N-methyl/N-ethyl adjacent to an activating group) is 1. The van der Waals surface area contributed by atoms with Crippen molar-refractivity contribution in [2.24, 2.45) is 0 Å². The first-order chi connectivity index (χ1) is 11.5. The Bertz CT molecular complexity index is 828. The summed E-state index contributed by atoms with van der Waals surface area (Å²) in [7, 11) is 1.82. The Labute approximate surface area is 141 Å². The number of anilines is 1. The van der Waals surface area contributed by atoms with Gasteiger partial charge in [-0.15, -0.1) is 0 Å². The van der Waals surface area contributed by atoms with Crippen molar-refractivity contribution in [3.8, 4) is 0 Å². The van der Waals surface area contributed by atoms with Gasteiger partial charge in [0.2, 0.25) is 5.91 Å². The summed E-state index contributed by atoms with van der Waals surface area (Å²) in [6.45, 7) is 3.07. The molecule has 2 aromatic carbocycles. The second-order valence-electron chi connectivity index (χ2n) is 6.81. The van der Waals surface area contributed by atoms with Crippen molar-refractivity contribution in [3.63, 3.8) is 0 Å². The average molecular weight is 320 g/mol. The number of aryl methyl sites for hydroxylation is 1. The van der Waals surface area contributed by atoms with E-state index >= 15 is 0 Å². The second kappa shape index (κ2) is 5.20. The quantitative estimate of drug-likeness (QED) is 0.811. The summed E-state index contributed by atoms with van der Waals surface area (Å²) >= 11 is 0. The van der Waals surface area contributed by atoms with E-state index in [1.54, 1.807) is 4.90 Å². The van der Waals surface area contributed by atoms with Gasteiger partial charge in [-0.3, -0.25) is 9.59 Å². The van der Waals surface area contributed by atoms with Gasteiger partial charge in [-0.05, 0) is 37.1 Å². The lowest BCUT2D eigenvalue weighted by Crippen LogP contribution is -2.42. The van der Waals surface area contributed by atoms with Gasteiger partial charge in [-0.1, -0.05) is 35.9 Å². The molecule has 122 valence electrons. The van der Waals surface area contributed by atoms with Crippen LogP contribution in [0.1, 0.15) is 27.9 Å². The molecule has 1 saturated heterocycles. The van der Waals surface area contributed by atoms with E-state index in [4.69, 9.17) is 0 Å². The van der Waals surface area contributed by atoms with Crippen LogP contribution in [-0.4, -0.2) is 36.9 Å². The van der Waals surface area contributed by atoms with Crippen molar-refractivity contribution in [1.82, 2.24) is 4.90 Å². The molecule has 4 nitrogen and oxygen atoms in total. The van der Waals surface area contributed by atoms with E-state index in [9.17, 15) is 9.59 Å². The Hall–Kier alpha value is -2.62. The number of benzene rings is 2. The molecule has 0 aromatic heterocycles. The van der Waals surface area contributed by atoms with Gasteiger partial charge in [-0.2, -0.15) is 0 Å². The first kappa shape index (κ1) is 14.9. The Balaban J connectivity index is 1.66. The van der Waals surface area contributed by atoms with Crippen molar-refractivity contribution < 1.29 is 9.59 Å². The number of hydrogen-bond donors (Lipinski definition) is 0. The molecule has 0 aliphatic carbocycles. The second-order valence-corrected chi connectivity index (χ2v) is 6.81. The third-order valence-electron chi connectivity index (χ3n) is 5.35. The fourth-order valence-electron chi connectivity index (χ4n) is 3.97. The van der Waals surface area contributed by atoms with Crippen molar-refractivity contribution in [3.05, 3.63) is 65.2 Å². The van der Waals surface area contributed by atoms with E-state index in [0.29, 0.717) is 25.1 Å². The predicted octanol–water partition coefficient (Wildman–Crippen LogP) is 2.76. The fourth-order valence-corrected chi connectivity index (χ4v) is 3.97. The summed E-state index contributed by atoms with van der Waals surface area (Å²) in [4.78, 5) is 29.3. The molecule has 24 heavy (non-hydrogen) atoms. The standard InChI is InChI=1S/C20H20N2O2/c1-14-7-9-15(10-8-14)18(23)22-12-11-20(13-22)16-5-3-4-6-17(16)21(2)19(20)24/h3-10H,11-13H2,1-2H3/t20-/m0/s1. The average Bonchev–Trinajstić information content (AvgIpc) is 3.14. The highest BCUT2D eigenvalue weighted by atomic mass is 16.2. The number of carbonyl (C=O) groups excluding carboxylic acids is 2. The molecule has 2 aromatic rings. The van der Waals surface area contributed by atoms with Crippen molar-refractivity contribution >= 4 is 17.5 Å². The van der Waals surface area contributed by atoms with Crippen LogP contribution in [0.2, 0.25) is 0 Å². The van der Waals surface area contributed by atoms with E-state index in [1.807, 2.05) is 67.4 Å². The summed E-state index contributed by atoms with van der Waals surface area (Å²) < 4.78 is 0. The van der Waals surface area contributed by atoms with Gasteiger partial charge in [0.05, 0.1) is 5.41 Å². The molecule has 4 heteroatoms. The van der Waals surface area contributed by atoms with Crippen LogP contribution in [-0.2, 0) is 10.2 Å². The summed E-state index contributed by atoms with van der Waals surface area (Å²) in [6.07, 6.45) is 0.685. The molecule has 0 bridgehead atoms. The van der Waals surface area contributed by atoms with Gasteiger partial charge < -0.3 is 9.80 Å². The minimum absolute atomic E-state index is 0.00621. The van der Waals surface area contributed by atoms with Crippen molar-refractivity contribution in [1.29, 1.82) is 0 Å². The smallest absolute Gasteiger partial charge is 0.253 e. The van der Waals surface area contributed by atoms with Crippen LogP contribution in [0.3, 0.4) is 0 Å². The number of carbonyl (C=O) groups is 2. The topological polar surface area (TPSA) is 40.6 Å². The third-order valence-corrected chi connectivity index (χ3v) is 5.35. The van der Waals surface area contributed by atoms with Crippen LogP contribution < -0.4 is 4.90 Å². The van der Waals surface area contributed by atoms with E-state index < -0.39 is 5.41 Å². The molecule has 2 aliphatic rings. The number of hydrogen-bond acceptors (Lipinski definition) is 2. The Morgan fingerprint density at radius 1 is 1.08 bits per heavy atom. The molecule has 2 heterocycles. The molecule has 1 atom stereocenters. The maximum absolute atomic E-state index is 12.9. The monoisotopic (exact) mass is 320 g/mol. The molecule has 1 fully saturated rings. The van der Waals surface area contributed by atoms with Crippen molar-refractivity contribution in [2.45, 2.75) is 18.8 Å². The van der Waals surface area contributed by atoms with Gasteiger partial charge in [0.15, 0.2) is 0 Å². The molecular weight excluding hydrogens is 300 g/mol. The van der Waals surface area contributed by atoms with Gasteiger partial charge in [0.25, 0.3) is 5.91 Å². The maximum Gasteiger partial charge on any atom is 0.253 e. The molecular formula is C20H20N2O2. The SMILES string of the molecule is Cc1ccc(C(=O)N2CC[C@@]3(C2)C(=O)N(C)c2ccccc23)cc1. The van der Waals surface area contributed by atoms with Crippen LogP contribution >= 0.6 is 0 Å². The van der Waals surface area contributed by atoms with Crippen LogP contribution in [0.25, 0.3) is 0 Å². The zero-order valence-electron chi connectivity index (χ0n) is 14.0. The first-order valence-electron chi connectivity index (χ1n) is 8.26. The summed E-state index contributed by atoms with van der Waals surface area (Å²) in [5, 5.41) is 0. The molecule has 2 amide bonds. The third kappa shape index (κ3) is 1.99. The van der Waals surface area contributed by atoms with E-state index in [-0.39, 0.29) is 11.8 Å². The number of fused-ring (bicyclic) bond motifs is 2. The minimum atomic E-state index is -0.578. The maximum atomic E-state index is 12.9. The molecule has 4 rings (SSSR count). The van der Waals surface area contributed by atoms with Crippen LogP contribution in [0.5, 0.6) is 0 Å². The lowest BCUT2D eigenvalue weighted by Gasteiger charge is -2.23. The van der Waals surface area contributed by atoms with Crippen LogP contribution in [0.4, 0.5) is 5.69 Å². The Morgan fingerprint density at radius 2 is 1.79 bits per heavy atom. The highest BCUT2D eigenvalue weighted by Crippen LogP contribution is 2.46. The molecule has 2 aliphatic heterocycles. The minimum Gasteiger partial charge on any atom is -0.337 e. The molecule has 1 spiro atoms.